The number of nitrogens with one attached hydrogen (secondary N) is 1. The second-order valence-corrected chi connectivity index (χ2v) is 8.65. The van der Waals surface area contributed by atoms with Crippen LogP contribution in [0.25, 0.3) is 0 Å². The molecule has 0 spiro atoms. The number of aromatic nitrogens is 3. The van der Waals surface area contributed by atoms with Crippen molar-refractivity contribution < 1.29 is 4.74 Å². The Bertz CT molecular complexity index is 1060. The molecule has 0 amide bonds. The Kier molecular flexibility index (Phi) is 8.52. The number of morpholine rings is 1. The summed E-state index contributed by atoms with van der Waals surface area (Å²) >= 11 is 0. The first-order valence-electron chi connectivity index (χ1n) is 11.5. The van der Waals surface area contributed by atoms with Crippen molar-refractivity contribution >= 4 is 29.9 Å². The second-order valence-electron chi connectivity index (χ2n) is 8.65. The van der Waals surface area contributed by atoms with Crippen LogP contribution in [0, 0.1) is 0 Å². The molecule has 34 heavy (non-hydrogen) atoms. The third-order valence-electron chi connectivity index (χ3n) is 6.41. The van der Waals surface area contributed by atoms with Crippen LogP contribution in [0.15, 0.2) is 72.2 Å². The molecule has 1 N–H and O–H groups in total. The third kappa shape index (κ3) is 5.94. The monoisotopic (exact) mass is 573 g/mol. The van der Waals surface area contributed by atoms with Crippen LogP contribution in [-0.2, 0) is 24.4 Å². The fraction of sp³-hybridized carbons (Fsp3) is 0.400. The summed E-state index contributed by atoms with van der Waals surface area (Å²) in [5.74, 6) is 0.925. The Morgan fingerprint density at radius 1 is 1.06 bits per heavy atom. The number of fused-ring (bicyclic) bond motifs is 1. The highest BCUT2D eigenvalue weighted by molar-refractivity contribution is 14.0. The number of likely N-dealkylation sites (tertiary alicyclic amines) is 1. The molecule has 0 radical (unpaired) electrons. The molecule has 2 aliphatic heterocycles. The normalized spacial score (nSPS) is 20.6. The summed E-state index contributed by atoms with van der Waals surface area (Å²) in [6.45, 7) is 5.93. The van der Waals surface area contributed by atoms with Gasteiger partial charge in [-0.05, 0) is 16.7 Å². The molecule has 0 aliphatic carbocycles. The predicted octanol–water partition coefficient (Wildman–Crippen LogP) is 2.61. The number of aliphatic imine (C=N–C) groups is 1. The van der Waals surface area contributed by atoms with Crippen molar-refractivity contribution in [3.8, 4) is 0 Å². The molecule has 180 valence electrons. The first kappa shape index (κ1) is 24.6. The molecule has 2 fully saturated rings. The number of halogens is 1. The largest absolute Gasteiger partial charge is 0.373 e. The molecule has 2 unspecified atom stereocenters. The zero-order valence-electron chi connectivity index (χ0n) is 19.5. The fourth-order valence-electron chi connectivity index (χ4n) is 4.80. The van der Waals surface area contributed by atoms with E-state index in [1.54, 1.807) is 12.7 Å². The van der Waals surface area contributed by atoms with Crippen LogP contribution >= 0.6 is 24.0 Å². The van der Waals surface area contributed by atoms with Crippen molar-refractivity contribution in [3.63, 3.8) is 0 Å². The van der Waals surface area contributed by atoms with Gasteiger partial charge >= 0.3 is 0 Å². The highest BCUT2D eigenvalue weighted by Crippen LogP contribution is 2.24. The molecule has 8 nitrogen and oxygen atoms in total. The van der Waals surface area contributed by atoms with E-state index >= 15 is 0 Å². The number of nitrogens with zero attached hydrogens (tertiary/aromatic N) is 6. The van der Waals surface area contributed by atoms with E-state index in [2.05, 4.69) is 84.8 Å². The molecule has 5 rings (SSSR count). The van der Waals surface area contributed by atoms with Crippen molar-refractivity contribution in [1.82, 2.24) is 29.9 Å². The molecule has 9 heteroatoms. The van der Waals surface area contributed by atoms with E-state index in [-0.39, 0.29) is 30.1 Å². The number of hydrogen-bond donors (Lipinski definition) is 1. The maximum Gasteiger partial charge on any atom is 0.194 e. The maximum atomic E-state index is 6.14. The lowest BCUT2D eigenvalue weighted by atomic mass is 10.1. The summed E-state index contributed by atoms with van der Waals surface area (Å²) in [6, 6.07) is 19.6. The van der Waals surface area contributed by atoms with Gasteiger partial charge in [0, 0.05) is 39.8 Å². The average Bonchev–Trinajstić information content (AvgIpc) is 3.51. The van der Waals surface area contributed by atoms with E-state index in [0.717, 1.165) is 45.3 Å². The SMILES string of the molecule is CN=C(NCc1cccc(Cn2cncn2)c1)N1CC2OCCN(Cc3ccccc3)C2C1.I. The topological polar surface area (TPSA) is 70.8 Å². The first-order chi connectivity index (χ1) is 16.3. The van der Waals surface area contributed by atoms with Gasteiger partial charge in [0.05, 0.1) is 25.3 Å². The molecule has 1 aromatic heterocycles. The summed E-state index contributed by atoms with van der Waals surface area (Å²) in [5.41, 5.74) is 3.77. The van der Waals surface area contributed by atoms with E-state index in [1.807, 2.05) is 11.7 Å². The van der Waals surface area contributed by atoms with Crippen LogP contribution in [0.4, 0.5) is 0 Å². The lowest BCUT2D eigenvalue weighted by Crippen LogP contribution is -2.50. The van der Waals surface area contributed by atoms with Gasteiger partial charge in [-0.15, -0.1) is 24.0 Å². The van der Waals surface area contributed by atoms with Gasteiger partial charge in [0.1, 0.15) is 12.7 Å². The number of hydrogen-bond acceptors (Lipinski definition) is 5. The first-order valence-corrected chi connectivity index (χ1v) is 11.5. The van der Waals surface area contributed by atoms with E-state index in [4.69, 9.17) is 4.74 Å². The van der Waals surface area contributed by atoms with Gasteiger partial charge in [-0.2, -0.15) is 5.10 Å². The highest BCUT2D eigenvalue weighted by Gasteiger charge is 2.41. The van der Waals surface area contributed by atoms with E-state index < -0.39 is 0 Å². The van der Waals surface area contributed by atoms with Gasteiger partial charge in [-0.25, -0.2) is 9.67 Å². The van der Waals surface area contributed by atoms with E-state index in [0.29, 0.717) is 12.6 Å². The van der Waals surface area contributed by atoms with Crippen molar-refractivity contribution in [1.29, 1.82) is 0 Å². The molecule has 2 atom stereocenters. The maximum absolute atomic E-state index is 6.14. The van der Waals surface area contributed by atoms with Crippen LogP contribution in [0.1, 0.15) is 16.7 Å². The van der Waals surface area contributed by atoms with Gasteiger partial charge in [-0.3, -0.25) is 9.89 Å². The van der Waals surface area contributed by atoms with Crippen molar-refractivity contribution in [2.45, 2.75) is 31.8 Å². The smallest absolute Gasteiger partial charge is 0.194 e. The molecule has 0 bridgehead atoms. The standard InChI is InChI=1S/C25H31N7O.HI/c1-26-25(28-13-21-8-5-9-22(12-21)15-32-19-27-18-29-32)31-16-23-24(17-31)33-11-10-30(23)14-20-6-3-2-4-7-20;/h2-9,12,18-19,23-24H,10-11,13-17H2,1H3,(H,26,28);1H. The van der Waals surface area contributed by atoms with E-state index in [9.17, 15) is 0 Å². The average molecular weight is 573 g/mol. The Labute approximate surface area is 218 Å². The molecule has 2 aromatic carbocycles. The van der Waals surface area contributed by atoms with Gasteiger partial charge in [-0.1, -0.05) is 54.6 Å². The summed E-state index contributed by atoms with van der Waals surface area (Å²) < 4.78 is 7.98. The lowest BCUT2D eigenvalue weighted by Gasteiger charge is -2.36. The Balaban J connectivity index is 0.00000274. The van der Waals surface area contributed by atoms with Crippen LogP contribution in [0.3, 0.4) is 0 Å². The number of benzene rings is 2. The van der Waals surface area contributed by atoms with Gasteiger partial charge < -0.3 is 15.0 Å². The lowest BCUT2D eigenvalue weighted by molar-refractivity contribution is -0.0502. The zero-order valence-corrected chi connectivity index (χ0v) is 21.8. The minimum absolute atomic E-state index is 0. The molecule has 3 aromatic rings. The minimum atomic E-state index is 0. The van der Waals surface area contributed by atoms with Gasteiger partial charge in [0.25, 0.3) is 0 Å². The van der Waals surface area contributed by atoms with Crippen LogP contribution in [0.5, 0.6) is 0 Å². The van der Waals surface area contributed by atoms with Crippen molar-refractivity contribution in [2.75, 3.05) is 33.3 Å². The third-order valence-corrected chi connectivity index (χ3v) is 6.41. The van der Waals surface area contributed by atoms with E-state index in [1.165, 1.54) is 16.7 Å². The predicted molar refractivity (Wildman–Crippen MR) is 143 cm³/mol. The van der Waals surface area contributed by atoms with Crippen molar-refractivity contribution in [3.05, 3.63) is 83.9 Å². The zero-order chi connectivity index (χ0) is 22.5. The van der Waals surface area contributed by atoms with Crippen LogP contribution < -0.4 is 5.32 Å². The van der Waals surface area contributed by atoms with Crippen molar-refractivity contribution in [2.24, 2.45) is 4.99 Å². The van der Waals surface area contributed by atoms with Crippen LogP contribution in [-0.4, -0.2) is 76.0 Å². The fourth-order valence-corrected chi connectivity index (χ4v) is 4.80. The quantitative estimate of drug-likeness (QED) is 0.278. The molecular weight excluding hydrogens is 541 g/mol. The Morgan fingerprint density at radius 3 is 2.68 bits per heavy atom. The van der Waals surface area contributed by atoms with Gasteiger partial charge in [0.2, 0.25) is 0 Å². The molecule has 0 saturated carbocycles. The summed E-state index contributed by atoms with van der Waals surface area (Å²) in [4.78, 5) is 13.5. The highest BCUT2D eigenvalue weighted by atomic mass is 127. The molecule has 2 saturated heterocycles. The molecule has 3 heterocycles. The Hall–Kier alpha value is -2.50. The number of rotatable bonds is 6. The summed E-state index contributed by atoms with van der Waals surface area (Å²) in [7, 11) is 1.86. The number of ether oxygens (including phenoxy) is 1. The van der Waals surface area contributed by atoms with Gasteiger partial charge in [0.15, 0.2) is 5.96 Å². The van der Waals surface area contributed by atoms with Crippen LogP contribution in [0.2, 0.25) is 0 Å². The number of guanidine groups is 1. The minimum Gasteiger partial charge on any atom is -0.373 e. The molecular formula is C25H32IN7O. The Morgan fingerprint density at radius 2 is 1.88 bits per heavy atom. The summed E-state index contributed by atoms with van der Waals surface area (Å²) in [5, 5.41) is 7.75. The molecule has 2 aliphatic rings. The second kappa shape index (κ2) is 11.8. The summed E-state index contributed by atoms with van der Waals surface area (Å²) in [6.07, 6.45) is 3.52.